The van der Waals surface area contributed by atoms with Crippen LogP contribution in [-0.4, -0.2) is 45.0 Å². The molecule has 5 heteroatoms. The molecule has 0 amide bonds. The molecule has 23 heavy (non-hydrogen) atoms. The fourth-order valence-corrected chi connectivity index (χ4v) is 4.63. The fourth-order valence-electron chi connectivity index (χ4n) is 4.63. The Morgan fingerprint density at radius 1 is 1.13 bits per heavy atom. The van der Waals surface area contributed by atoms with Gasteiger partial charge in [0.25, 0.3) is 5.56 Å². The van der Waals surface area contributed by atoms with Crippen molar-refractivity contribution >= 4 is 0 Å². The Balaban J connectivity index is 1.37. The van der Waals surface area contributed by atoms with Crippen molar-refractivity contribution in [3.63, 3.8) is 0 Å². The van der Waals surface area contributed by atoms with Gasteiger partial charge < -0.3 is 5.11 Å². The van der Waals surface area contributed by atoms with Crippen molar-refractivity contribution in [2.75, 3.05) is 13.1 Å². The van der Waals surface area contributed by atoms with Crippen molar-refractivity contribution in [1.29, 1.82) is 0 Å². The zero-order valence-corrected chi connectivity index (χ0v) is 13.8. The lowest BCUT2D eigenvalue weighted by Crippen LogP contribution is -2.45. The number of aromatic nitrogens is 2. The maximum Gasteiger partial charge on any atom is 0.267 e. The van der Waals surface area contributed by atoms with Crippen LogP contribution in [0.5, 0.6) is 0 Å². The second-order valence-electron chi connectivity index (χ2n) is 7.54. The standard InChI is InChI=1S/C18H27N3O2/c22-17-6-2-5-16(17)20-9-7-13(8-10-20)12-21-18(23)11-14-3-1-4-15(14)19-21/h11,13,16-17,22H,1-10,12H2. The summed E-state index contributed by atoms with van der Waals surface area (Å²) in [7, 11) is 0. The summed E-state index contributed by atoms with van der Waals surface area (Å²) in [6, 6.07) is 2.18. The number of fused-ring (bicyclic) bond motifs is 1. The maximum atomic E-state index is 12.2. The van der Waals surface area contributed by atoms with Crippen molar-refractivity contribution in [2.45, 2.75) is 70.1 Å². The van der Waals surface area contributed by atoms with E-state index in [0.29, 0.717) is 12.0 Å². The number of nitrogens with zero attached hydrogens (tertiary/aromatic N) is 3. The van der Waals surface area contributed by atoms with Crippen LogP contribution in [0, 0.1) is 5.92 Å². The van der Waals surface area contributed by atoms with Gasteiger partial charge in [0.2, 0.25) is 0 Å². The smallest absolute Gasteiger partial charge is 0.267 e. The van der Waals surface area contributed by atoms with Gasteiger partial charge in [0, 0.05) is 18.7 Å². The molecule has 126 valence electrons. The highest BCUT2D eigenvalue weighted by Crippen LogP contribution is 2.28. The monoisotopic (exact) mass is 317 g/mol. The van der Waals surface area contributed by atoms with E-state index < -0.39 is 0 Å². The first-order chi connectivity index (χ1) is 11.2. The average molecular weight is 317 g/mol. The first-order valence-corrected chi connectivity index (χ1v) is 9.23. The summed E-state index contributed by atoms with van der Waals surface area (Å²) in [6.07, 6.45) is 8.49. The Kier molecular flexibility index (Phi) is 4.24. The number of aliphatic hydroxyl groups excluding tert-OH is 1. The molecule has 3 aliphatic rings. The van der Waals surface area contributed by atoms with Gasteiger partial charge in [-0.25, -0.2) is 4.68 Å². The Bertz CT molecular complexity index is 619. The van der Waals surface area contributed by atoms with Crippen LogP contribution in [0.1, 0.15) is 49.8 Å². The highest BCUT2D eigenvalue weighted by molar-refractivity contribution is 5.22. The predicted molar refractivity (Wildman–Crippen MR) is 88.5 cm³/mol. The Labute approximate surface area is 137 Å². The van der Waals surface area contributed by atoms with Crippen LogP contribution in [0.25, 0.3) is 0 Å². The zero-order chi connectivity index (χ0) is 15.8. The van der Waals surface area contributed by atoms with Gasteiger partial charge >= 0.3 is 0 Å². The van der Waals surface area contributed by atoms with Crippen molar-refractivity contribution in [2.24, 2.45) is 5.92 Å². The van der Waals surface area contributed by atoms with Crippen molar-refractivity contribution < 1.29 is 5.11 Å². The molecule has 1 saturated carbocycles. The minimum absolute atomic E-state index is 0.0688. The largest absolute Gasteiger partial charge is 0.391 e. The van der Waals surface area contributed by atoms with E-state index in [4.69, 9.17) is 0 Å². The first-order valence-electron chi connectivity index (χ1n) is 9.23. The fraction of sp³-hybridized carbons (Fsp3) is 0.778. The molecular formula is C18H27N3O2. The molecule has 2 fully saturated rings. The average Bonchev–Trinajstić information content (AvgIpc) is 3.17. The van der Waals surface area contributed by atoms with Gasteiger partial charge in [-0.2, -0.15) is 5.10 Å². The third-order valence-corrected chi connectivity index (χ3v) is 6.02. The van der Waals surface area contributed by atoms with Crippen LogP contribution >= 0.6 is 0 Å². The molecule has 4 rings (SSSR count). The molecular weight excluding hydrogens is 290 g/mol. The lowest BCUT2D eigenvalue weighted by atomic mass is 9.95. The number of likely N-dealkylation sites (tertiary alicyclic amines) is 1. The molecule has 1 aromatic heterocycles. The molecule has 0 radical (unpaired) electrons. The summed E-state index contributed by atoms with van der Waals surface area (Å²) in [5, 5.41) is 14.7. The van der Waals surface area contributed by atoms with Gasteiger partial charge in [-0.3, -0.25) is 9.69 Å². The summed E-state index contributed by atoms with van der Waals surface area (Å²) in [4.78, 5) is 14.7. The minimum Gasteiger partial charge on any atom is -0.391 e. The molecule has 1 saturated heterocycles. The summed E-state index contributed by atoms with van der Waals surface area (Å²) in [5.74, 6) is 0.537. The normalized spacial score (nSPS) is 29.1. The number of aryl methyl sites for hydroxylation is 2. The summed E-state index contributed by atoms with van der Waals surface area (Å²) < 4.78 is 1.70. The zero-order valence-electron chi connectivity index (χ0n) is 13.8. The van der Waals surface area contributed by atoms with E-state index in [1.807, 2.05) is 0 Å². The SMILES string of the molecule is O=c1cc2c(nn1CC1CCN(C3CCCC3O)CC1)CCC2. The molecule has 2 aliphatic carbocycles. The molecule has 0 aromatic carbocycles. The van der Waals surface area contributed by atoms with E-state index >= 15 is 0 Å². The predicted octanol–water partition coefficient (Wildman–Crippen LogP) is 1.36. The third kappa shape index (κ3) is 3.09. The number of hydrogen-bond acceptors (Lipinski definition) is 4. The highest BCUT2D eigenvalue weighted by Gasteiger charge is 2.33. The number of aliphatic hydroxyl groups is 1. The number of piperidine rings is 1. The van der Waals surface area contributed by atoms with Crippen molar-refractivity contribution in [3.8, 4) is 0 Å². The van der Waals surface area contributed by atoms with Crippen LogP contribution < -0.4 is 5.56 Å². The lowest BCUT2D eigenvalue weighted by molar-refractivity contribution is 0.0455. The van der Waals surface area contributed by atoms with E-state index in [1.165, 1.54) is 0 Å². The maximum absolute atomic E-state index is 12.2. The lowest BCUT2D eigenvalue weighted by Gasteiger charge is -2.37. The van der Waals surface area contributed by atoms with Crippen LogP contribution in [-0.2, 0) is 19.4 Å². The molecule has 5 nitrogen and oxygen atoms in total. The van der Waals surface area contributed by atoms with Crippen molar-refractivity contribution in [3.05, 3.63) is 27.7 Å². The van der Waals surface area contributed by atoms with Gasteiger partial charge in [-0.15, -0.1) is 0 Å². The third-order valence-electron chi connectivity index (χ3n) is 6.02. The highest BCUT2D eigenvalue weighted by atomic mass is 16.3. The van der Waals surface area contributed by atoms with Crippen LogP contribution in [0.4, 0.5) is 0 Å². The Morgan fingerprint density at radius 3 is 2.70 bits per heavy atom. The molecule has 1 aromatic rings. The molecule has 0 bridgehead atoms. The van der Waals surface area contributed by atoms with Crippen LogP contribution in [0.15, 0.2) is 10.9 Å². The van der Waals surface area contributed by atoms with E-state index in [1.54, 1.807) is 10.7 Å². The van der Waals surface area contributed by atoms with Gasteiger partial charge in [0.15, 0.2) is 0 Å². The Hall–Kier alpha value is -1.20. The second-order valence-corrected chi connectivity index (χ2v) is 7.54. The van der Waals surface area contributed by atoms with Gasteiger partial charge in [0.1, 0.15) is 0 Å². The molecule has 2 atom stereocenters. The van der Waals surface area contributed by atoms with Crippen LogP contribution in [0.3, 0.4) is 0 Å². The number of rotatable bonds is 3. The van der Waals surface area contributed by atoms with Gasteiger partial charge in [-0.1, -0.05) is 0 Å². The summed E-state index contributed by atoms with van der Waals surface area (Å²) >= 11 is 0. The molecule has 2 heterocycles. The quantitative estimate of drug-likeness (QED) is 0.914. The van der Waals surface area contributed by atoms with Gasteiger partial charge in [-0.05, 0) is 75.9 Å². The molecule has 0 spiro atoms. The Morgan fingerprint density at radius 2 is 1.96 bits per heavy atom. The van der Waals surface area contributed by atoms with Gasteiger partial charge in [0.05, 0.1) is 11.8 Å². The molecule has 1 aliphatic heterocycles. The van der Waals surface area contributed by atoms with Crippen molar-refractivity contribution in [1.82, 2.24) is 14.7 Å². The second kappa shape index (κ2) is 6.36. The first kappa shape index (κ1) is 15.3. The minimum atomic E-state index is -0.132. The van der Waals surface area contributed by atoms with E-state index in [0.717, 1.165) is 82.3 Å². The van der Waals surface area contributed by atoms with E-state index in [-0.39, 0.29) is 11.7 Å². The number of hydrogen-bond donors (Lipinski definition) is 1. The molecule has 1 N–H and O–H groups in total. The topological polar surface area (TPSA) is 58.4 Å². The summed E-state index contributed by atoms with van der Waals surface area (Å²) in [5.41, 5.74) is 2.37. The van der Waals surface area contributed by atoms with E-state index in [9.17, 15) is 9.90 Å². The van der Waals surface area contributed by atoms with Crippen LogP contribution in [0.2, 0.25) is 0 Å². The summed E-state index contributed by atoms with van der Waals surface area (Å²) in [6.45, 7) is 2.85. The van der Waals surface area contributed by atoms with E-state index in [2.05, 4.69) is 10.00 Å². The molecule has 2 unspecified atom stereocenters.